The van der Waals surface area contributed by atoms with Crippen molar-refractivity contribution in [1.82, 2.24) is 14.9 Å². The fourth-order valence-electron chi connectivity index (χ4n) is 2.01. The largest absolute Gasteiger partial charge is 0.383 e. The van der Waals surface area contributed by atoms with Crippen molar-refractivity contribution in [2.45, 2.75) is 12.8 Å². The molecule has 0 aliphatic rings. The summed E-state index contributed by atoms with van der Waals surface area (Å²) in [5.74, 6) is 1.16. The van der Waals surface area contributed by atoms with Crippen LogP contribution in [0.2, 0.25) is 0 Å². The van der Waals surface area contributed by atoms with Crippen LogP contribution in [0.15, 0.2) is 36.5 Å². The molecule has 0 saturated heterocycles. The summed E-state index contributed by atoms with van der Waals surface area (Å²) >= 11 is 0. The predicted molar refractivity (Wildman–Crippen MR) is 87.3 cm³/mol. The summed E-state index contributed by atoms with van der Waals surface area (Å²) in [5.41, 5.74) is 8.27. The Morgan fingerprint density at radius 2 is 1.90 bits per heavy atom. The van der Waals surface area contributed by atoms with Crippen LogP contribution < -0.4 is 11.1 Å². The number of rotatable bonds is 7. The standard InChI is InChI=1S/C16H23N5/c1-21(2)11-9-14-12-19-16(20-15(14)17)18-10-8-13-6-4-3-5-7-13/h3-7,12H,8-11H2,1-2H3,(H3,17,18,19,20). The van der Waals surface area contributed by atoms with E-state index in [-0.39, 0.29) is 0 Å². The van der Waals surface area contributed by atoms with E-state index < -0.39 is 0 Å². The monoisotopic (exact) mass is 285 g/mol. The number of nitrogens with one attached hydrogen (secondary N) is 1. The fraction of sp³-hybridized carbons (Fsp3) is 0.375. The lowest BCUT2D eigenvalue weighted by Crippen LogP contribution is -2.17. The van der Waals surface area contributed by atoms with Crippen molar-refractivity contribution in [2.24, 2.45) is 0 Å². The van der Waals surface area contributed by atoms with Gasteiger partial charge in [0, 0.05) is 24.8 Å². The molecule has 0 saturated carbocycles. The van der Waals surface area contributed by atoms with Gasteiger partial charge in [0.05, 0.1) is 0 Å². The first-order valence-electron chi connectivity index (χ1n) is 7.19. The van der Waals surface area contributed by atoms with E-state index in [0.717, 1.165) is 31.5 Å². The van der Waals surface area contributed by atoms with Crippen molar-refractivity contribution in [3.05, 3.63) is 47.7 Å². The molecule has 21 heavy (non-hydrogen) atoms. The van der Waals surface area contributed by atoms with Crippen LogP contribution in [0.1, 0.15) is 11.1 Å². The van der Waals surface area contributed by atoms with Crippen LogP contribution >= 0.6 is 0 Å². The Balaban J connectivity index is 1.85. The van der Waals surface area contributed by atoms with Gasteiger partial charge in [-0.25, -0.2) is 4.98 Å². The molecule has 5 nitrogen and oxygen atoms in total. The topological polar surface area (TPSA) is 67.1 Å². The summed E-state index contributed by atoms with van der Waals surface area (Å²) in [7, 11) is 4.08. The Morgan fingerprint density at radius 1 is 1.14 bits per heavy atom. The number of hydrogen-bond donors (Lipinski definition) is 2. The van der Waals surface area contributed by atoms with Crippen molar-refractivity contribution in [3.8, 4) is 0 Å². The van der Waals surface area contributed by atoms with E-state index in [1.807, 2.05) is 38.5 Å². The van der Waals surface area contributed by atoms with Crippen molar-refractivity contribution in [1.29, 1.82) is 0 Å². The molecular formula is C16H23N5. The van der Waals surface area contributed by atoms with Crippen LogP contribution in [-0.2, 0) is 12.8 Å². The average molecular weight is 285 g/mol. The Labute approximate surface area is 126 Å². The second-order valence-corrected chi connectivity index (χ2v) is 5.32. The van der Waals surface area contributed by atoms with Crippen molar-refractivity contribution >= 4 is 11.8 Å². The molecule has 3 N–H and O–H groups in total. The summed E-state index contributed by atoms with van der Waals surface area (Å²) in [6.45, 7) is 1.73. The molecule has 1 aromatic carbocycles. The van der Waals surface area contributed by atoms with Crippen LogP contribution in [0.4, 0.5) is 11.8 Å². The summed E-state index contributed by atoms with van der Waals surface area (Å²) in [5, 5.41) is 3.21. The first-order valence-corrected chi connectivity index (χ1v) is 7.19. The third-order valence-electron chi connectivity index (χ3n) is 3.27. The highest BCUT2D eigenvalue weighted by Crippen LogP contribution is 2.11. The van der Waals surface area contributed by atoms with Gasteiger partial charge in [0.15, 0.2) is 0 Å². The molecule has 0 spiro atoms. The molecule has 0 unspecified atom stereocenters. The molecule has 1 aromatic heterocycles. The summed E-state index contributed by atoms with van der Waals surface area (Å²) in [6, 6.07) is 10.3. The highest BCUT2D eigenvalue weighted by atomic mass is 15.1. The molecule has 0 radical (unpaired) electrons. The minimum absolute atomic E-state index is 0.564. The summed E-state index contributed by atoms with van der Waals surface area (Å²) in [6.07, 6.45) is 3.62. The highest BCUT2D eigenvalue weighted by Gasteiger charge is 2.04. The lowest BCUT2D eigenvalue weighted by molar-refractivity contribution is 0.413. The first kappa shape index (κ1) is 15.3. The number of hydrogen-bond acceptors (Lipinski definition) is 5. The van der Waals surface area contributed by atoms with Gasteiger partial charge in [0.25, 0.3) is 0 Å². The Bertz CT molecular complexity index is 554. The number of benzene rings is 1. The zero-order chi connectivity index (χ0) is 15.1. The number of aromatic nitrogens is 2. The molecule has 5 heteroatoms. The lowest BCUT2D eigenvalue weighted by Gasteiger charge is -2.11. The molecular weight excluding hydrogens is 262 g/mol. The van der Waals surface area contributed by atoms with Gasteiger partial charge in [-0.3, -0.25) is 0 Å². The van der Waals surface area contributed by atoms with E-state index in [0.29, 0.717) is 11.8 Å². The second kappa shape index (κ2) is 7.59. The molecule has 0 bridgehead atoms. The zero-order valence-corrected chi connectivity index (χ0v) is 12.7. The van der Waals surface area contributed by atoms with Crippen LogP contribution in [0.25, 0.3) is 0 Å². The number of likely N-dealkylation sites (N-methyl/N-ethyl adjacent to an activating group) is 1. The van der Waals surface area contributed by atoms with Gasteiger partial charge >= 0.3 is 0 Å². The maximum Gasteiger partial charge on any atom is 0.224 e. The molecule has 2 aromatic rings. The van der Waals surface area contributed by atoms with E-state index in [9.17, 15) is 0 Å². The Morgan fingerprint density at radius 3 is 2.57 bits per heavy atom. The lowest BCUT2D eigenvalue weighted by atomic mass is 10.1. The Hall–Kier alpha value is -2.14. The van der Waals surface area contributed by atoms with Crippen LogP contribution in [0, 0.1) is 0 Å². The van der Waals surface area contributed by atoms with Gasteiger partial charge in [-0.05, 0) is 32.5 Å². The minimum Gasteiger partial charge on any atom is -0.383 e. The van der Waals surface area contributed by atoms with Gasteiger partial charge < -0.3 is 16.0 Å². The number of anilines is 2. The van der Waals surface area contributed by atoms with Crippen molar-refractivity contribution in [3.63, 3.8) is 0 Å². The summed E-state index contributed by atoms with van der Waals surface area (Å²) < 4.78 is 0. The minimum atomic E-state index is 0.564. The average Bonchev–Trinajstić information content (AvgIpc) is 2.47. The van der Waals surface area contributed by atoms with E-state index in [1.54, 1.807) is 0 Å². The van der Waals surface area contributed by atoms with Gasteiger partial charge in [0.2, 0.25) is 5.95 Å². The van der Waals surface area contributed by atoms with E-state index in [1.165, 1.54) is 5.56 Å². The fourth-order valence-corrected chi connectivity index (χ4v) is 2.01. The maximum atomic E-state index is 5.98. The number of nitrogens with zero attached hydrogens (tertiary/aromatic N) is 3. The van der Waals surface area contributed by atoms with Crippen LogP contribution in [0.5, 0.6) is 0 Å². The first-order chi connectivity index (χ1) is 10.1. The molecule has 0 aliphatic carbocycles. The quantitative estimate of drug-likeness (QED) is 0.812. The molecule has 0 fully saturated rings. The number of nitrogen functional groups attached to an aromatic ring is 1. The molecule has 1 heterocycles. The third kappa shape index (κ3) is 5.04. The highest BCUT2D eigenvalue weighted by molar-refractivity contribution is 5.43. The smallest absolute Gasteiger partial charge is 0.224 e. The van der Waals surface area contributed by atoms with Gasteiger partial charge in [0.1, 0.15) is 5.82 Å². The molecule has 0 amide bonds. The predicted octanol–water partition coefficient (Wildman–Crippen LogP) is 1.82. The van der Waals surface area contributed by atoms with Crippen molar-refractivity contribution in [2.75, 3.05) is 38.2 Å². The Kier molecular flexibility index (Phi) is 5.51. The van der Waals surface area contributed by atoms with Gasteiger partial charge in [-0.2, -0.15) is 4.98 Å². The summed E-state index contributed by atoms with van der Waals surface area (Å²) in [4.78, 5) is 10.8. The molecule has 2 rings (SSSR count). The van der Waals surface area contributed by atoms with Gasteiger partial charge in [-0.1, -0.05) is 30.3 Å². The van der Waals surface area contributed by atoms with E-state index in [4.69, 9.17) is 5.73 Å². The second-order valence-electron chi connectivity index (χ2n) is 5.32. The van der Waals surface area contributed by atoms with Gasteiger partial charge in [-0.15, -0.1) is 0 Å². The van der Waals surface area contributed by atoms with Crippen molar-refractivity contribution < 1.29 is 0 Å². The van der Waals surface area contributed by atoms with Crippen LogP contribution in [-0.4, -0.2) is 42.1 Å². The normalized spacial score (nSPS) is 10.8. The maximum absolute atomic E-state index is 5.98. The van der Waals surface area contributed by atoms with E-state index in [2.05, 4.69) is 32.3 Å². The number of nitrogens with two attached hydrogens (primary N) is 1. The third-order valence-corrected chi connectivity index (χ3v) is 3.27. The SMILES string of the molecule is CN(C)CCc1cnc(NCCc2ccccc2)nc1N. The molecule has 0 atom stereocenters. The van der Waals surface area contributed by atoms with E-state index >= 15 is 0 Å². The molecule has 112 valence electrons. The zero-order valence-electron chi connectivity index (χ0n) is 12.7. The van der Waals surface area contributed by atoms with Crippen LogP contribution in [0.3, 0.4) is 0 Å². The molecule has 0 aliphatic heterocycles.